The number of hydrogen-bond acceptors (Lipinski definition) is 2. The summed E-state index contributed by atoms with van der Waals surface area (Å²) in [5.74, 6) is 0.855. The Hall–Kier alpha value is -2.28. The van der Waals surface area contributed by atoms with E-state index in [2.05, 4.69) is 10.6 Å². The van der Waals surface area contributed by atoms with Crippen molar-refractivity contribution < 1.29 is 17.9 Å². The summed E-state index contributed by atoms with van der Waals surface area (Å²) in [6, 6.07) is 12.8. The SMILES string of the molecule is CC(C)Oc1ccc(CCCNC(=S)Nc2ccc(C(F)(F)F)cc2)cc1. The highest BCUT2D eigenvalue weighted by molar-refractivity contribution is 7.80. The number of hydrogen-bond donors (Lipinski definition) is 2. The van der Waals surface area contributed by atoms with Crippen LogP contribution in [0.15, 0.2) is 48.5 Å². The van der Waals surface area contributed by atoms with Crippen molar-refractivity contribution in [1.29, 1.82) is 0 Å². The van der Waals surface area contributed by atoms with Crippen molar-refractivity contribution in [2.45, 2.75) is 39.0 Å². The van der Waals surface area contributed by atoms with Gasteiger partial charge in [0.15, 0.2) is 5.11 Å². The lowest BCUT2D eigenvalue weighted by Gasteiger charge is -2.12. The Morgan fingerprint density at radius 2 is 1.67 bits per heavy atom. The lowest BCUT2D eigenvalue weighted by Crippen LogP contribution is -2.29. The van der Waals surface area contributed by atoms with Gasteiger partial charge in [-0.25, -0.2) is 0 Å². The molecule has 3 nitrogen and oxygen atoms in total. The molecule has 0 fully saturated rings. The van der Waals surface area contributed by atoms with Gasteiger partial charge in [-0.15, -0.1) is 0 Å². The predicted octanol–water partition coefficient (Wildman–Crippen LogP) is 5.41. The van der Waals surface area contributed by atoms with Crippen LogP contribution in [0, 0.1) is 0 Å². The van der Waals surface area contributed by atoms with Crippen LogP contribution >= 0.6 is 12.2 Å². The van der Waals surface area contributed by atoms with Gasteiger partial charge in [0.25, 0.3) is 0 Å². The Morgan fingerprint density at radius 1 is 1.04 bits per heavy atom. The first-order chi connectivity index (χ1) is 12.7. The normalized spacial score (nSPS) is 11.3. The minimum Gasteiger partial charge on any atom is -0.491 e. The molecule has 2 aromatic carbocycles. The van der Waals surface area contributed by atoms with Crippen molar-refractivity contribution >= 4 is 23.0 Å². The van der Waals surface area contributed by atoms with Gasteiger partial charge < -0.3 is 15.4 Å². The smallest absolute Gasteiger partial charge is 0.416 e. The van der Waals surface area contributed by atoms with E-state index < -0.39 is 11.7 Å². The fourth-order valence-corrected chi connectivity index (χ4v) is 2.64. The Kier molecular flexibility index (Phi) is 7.47. The molecule has 0 aliphatic carbocycles. The van der Waals surface area contributed by atoms with Crippen LogP contribution in [0.2, 0.25) is 0 Å². The molecule has 0 atom stereocenters. The maximum Gasteiger partial charge on any atom is 0.416 e. The van der Waals surface area contributed by atoms with Gasteiger partial charge in [0.1, 0.15) is 5.75 Å². The van der Waals surface area contributed by atoms with Crippen LogP contribution in [-0.2, 0) is 12.6 Å². The minimum atomic E-state index is -4.34. The van der Waals surface area contributed by atoms with Crippen LogP contribution < -0.4 is 15.4 Å². The molecule has 0 amide bonds. The largest absolute Gasteiger partial charge is 0.491 e. The molecule has 0 unspecified atom stereocenters. The molecule has 0 aromatic heterocycles. The second-order valence-corrected chi connectivity index (χ2v) is 6.78. The molecule has 7 heteroatoms. The molecular formula is C20H23F3N2OS. The summed E-state index contributed by atoms with van der Waals surface area (Å²) < 4.78 is 43.2. The van der Waals surface area contributed by atoms with E-state index in [4.69, 9.17) is 17.0 Å². The maximum atomic E-state index is 12.5. The lowest BCUT2D eigenvalue weighted by molar-refractivity contribution is -0.137. The van der Waals surface area contributed by atoms with Gasteiger partial charge in [-0.05, 0) is 80.9 Å². The second kappa shape index (κ2) is 9.60. The number of alkyl halides is 3. The van der Waals surface area contributed by atoms with E-state index in [9.17, 15) is 13.2 Å². The molecule has 0 saturated carbocycles. The topological polar surface area (TPSA) is 33.3 Å². The summed E-state index contributed by atoms with van der Waals surface area (Å²) >= 11 is 5.17. The van der Waals surface area contributed by atoms with Crippen LogP contribution in [0.3, 0.4) is 0 Å². The van der Waals surface area contributed by atoms with Crippen LogP contribution in [0.5, 0.6) is 5.75 Å². The third-order valence-corrected chi connectivity index (χ3v) is 3.94. The summed E-state index contributed by atoms with van der Waals surface area (Å²) in [4.78, 5) is 0. The van der Waals surface area contributed by atoms with E-state index in [1.165, 1.54) is 17.7 Å². The molecule has 2 rings (SSSR count). The molecule has 0 radical (unpaired) electrons. The van der Waals surface area contributed by atoms with Crippen molar-refractivity contribution in [3.8, 4) is 5.75 Å². The van der Waals surface area contributed by atoms with E-state index in [0.29, 0.717) is 17.3 Å². The summed E-state index contributed by atoms with van der Waals surface area (Å²) in [7, 11) is 0. The minimum absolute atomic E-state index is 0.151. The first-order valence-electron chi connectivity index (χ1n) is 8.72. The Bertz CT molecular complexity index is 728. The fraction of sp³-hybridized carbons (Fsp3) is 0.350. The van der Waals surface area contributed by atoms with Crippen LogP contribution in [0.1, 0.15) is 31.4 Å². The summed E-state index contributed by atoms with van der Waals surface area (Å²) in [5.41, 5.74) is 1.03. The van der Waals surface area contributed by atoms with Gasteiger partial charge in [-0.3, -0.25) is 0 Å². The van der Waals surface area contributed by atoms with Crippen LogP contribution in [-0.4, -0.2) is 17.8 Å². The third kappa shape index (κ3) is 7.46. The van der Waals surface area contributed by atoms with Crippen LogP contribution in [0.4, 0.5) is 18.9 Å². The predicted molar refractivity (Wildman–Crippen MR) is 106 cm³/mol. The Balaban J connectivity index is 1.70. The highest BCUT2D eigenvalue weighted by atomic mass is 32.1. The van der Waals surface area contributed by atoms with Gasteiger partial charge >= 0.3 is 6.18 Å². The van der Waals surface area contributed by atoms with E-state index >= 15 is 0 Å². The third-order valence-electron chi connectivity index (χ3n) is 3.69. The highest BCUT2D eigenvalue weighted by Gasteiger charge is 2.29. The number of thiocarbonyl (C=S) groups is 1. The molecule has 146 valence electrons. The second-order valence-electron chi connectivity index (χ2n) is 6.37. The maximum absolute atomic E-state index is 12.5. The first kappa shape index (κ1) is 21.0. The molecule has 0 aliphatic heterocycles. The summed E-state index contributed by atoms with van der Waals surface area (Å²) in [6.45, 7) is 4.64. The van der Waals surface area contributed by atoms with Crippen molar-refractivity contribution in [2.75, 3.05) is 11.9 Å². The van der Waals surface area contributed by atoms with Crippen molar-refractivity contribution in [3.63, 3.8) is 0 Å². The van der Waals surface area contributed by atoms with Gasteiger partial charge in [-0.1, -0.05) is 12.1 Å². The van der Waals surface area contributed by atoms with Gasteiger partial charge in [-0.2, -0.15) is 13.2 Å². The van der Waals surface area contributed by atoms with Crippen molar-refractivity contribution in [3.05, 3.63) is 59.7 Å². The average Bonchev–Trinajstić information content (AvgIpc) is 2.59. The number of benzene rings is 2. The van der Waals surface area contributed by atoms with Gasteiger partial charge in [0, 0.05) is 12.2 Å². The zero-order valence-corrected chi connectivity index (χ0v) is 16.1. The molecule has 2 N–H and O–H groups in total. The molecular weight excluding hydrogens is 373 g/mol. The fourth-order valence-electron chi connectivity index (χ4n) is 2.42. The number of halogens is 3. The van der Waals surface area contributed by atoms with Crippen molar-refractivity contribution in [1.82, 2.24) is 5.32 Å². The molecule has 0 spiro atoms. The number of ether oxygens (including phenoxy) is 1. The summed E-state index contributed by atoms with van der Waals surface area (Å²) in [5, 5.41) is 6.32. The van der Waals surface area contributed by atoms with Crippen LogP contribution in [0.25, 0.3) is 0 Å². The van der Waals surface area contributed by atoms with Gasteiger partial charge in [0.05, 0.1) is 11.7 Å². The zero-order valence-electron chi connectivity index (χ0n) is 15.3. The van der Waals surface area contributed by atoms with E-state index in [1.54, 1.807) is 0 Å². The first-order valence-corrected chi connectivity index (χ1v) is 9.12. The molecule has 0 heterocycles. The highest BCUT2D eigenvalue weighted by Crippen LogP contribution is 2.29. The average molecular weight is 396 g/mol. The van der Waals surface area contributed by atoms with Crippen molar-refractivity contribution in [2.24, 2.45) is 0 Å². The Labute approximate surface area is 162 Å². The van der Waals surface area contributed by atoms with E-state index in [0.717, 1.165) is 30.7 Å². The number of anilines is 1. The van der Waals surface area contributed by atoms with E-state index in [-0.39, 0.29) is 6.10 Å². The monoisotopic (exact) mass is 396 g/mol. The molecule has 2 aromatic rings. The Morgan fingerprint density at radius 3 is 2.22 bits per heavy atom. The lowest BCUT2D eigenvalue weighted by atomic mass is 10.1. The van der Waals surface area contributed by atoms with E-state index in [1.807, 2.05) is 38.1 Å². The standard InChI is InChI=1S/C20H23F3N2OS/c1-14(2)26-18-11-5-15(6-12-18)4-3-13-24-19(27)25-17-9-7-16(8-10-17)20(21,22)23/h5-12,14H,3-4,13H2,1-2H3,(H2,24,25,27). The molecule has 0 bridgehead atoms. The number of nitrogens with one attached hydrogen (secondary N) is 2. The molecule has 27 heavy (non-hydrogen) atoms. The van der Waals surface area contributed by atoms with Gasteiger partial charge in [0.2, 0.25) is 0 Å². The number of aryl methyl sites for hydroxylation is 1. The molecule has 0 saturated heterocycles. The number of rotatable bonds is 7. The zero-order chi connectivity index (χ0) is 19.9. The molecule has 0 aliphatic rings. The quantitative estimate of drug-likeness (QED) is 0.484. The summed E-state index contributed by atoms with van der Waals surface area (Å²) in [6.07, 6.45) is -2.42.